The Labute approximate surface area is 105 Å². The molecule has 0 atom stereocenters. The van der Waals surface area contributed by atoms with Gasteiger partial charge < -0.3 is 13.9 Å². The van der Waals surface area contributed by atoms with Gasteiger partial charge in [-0.3, -0.25) is 4.79 Å². The summed E-state index contributed by atoms with van der Waals surface area (Å²) in [6.45, 7) is 0. The van der Waals surface area contributed by atoms with Crippen molar-refractivity contribution in [2.45, 2.75) is 12.8 Å². The Bertz CT molecular complexity index is 502. The van der Waals surface area contributed by atoms with Crippen LogP contribution in [0.1, 0.15) is 12.2 Å². The number of benzene rings is 1. The highest BCUT2D eigenvalue weighted by molar-refractivity contribution is 5.73. The summed E-state index contributed by atoms with van der Waals surface area (Å²) in [5, 5.41) is 0. The topological polar surface area (TPSA) is 48.7 Å². The van der Waals surface area contributed by atoms with Gasteiger partial charge in [0.1, 0.15) is 5.76 Å². The van der Waals surface area contributed by atoms with Crippen LogP contribution in [0.2, 0.25) is 0 Å². The zero-order valence-electron chi connectivity index (χ0n) is 10.1. The molecule has 0 fully saturated rings. The maximum absolute atomic E-state index is 11.7. The third-order valence-corrected chi connectivity index (χ3v) is 2.45. The molecule has 2 aromatic rings. The van der Waals surface area contributed by atoms with Crippen LogP contribution in [0, 0.1) is 0 Å². The zero-order chi connectivity index (χ0) is 12.8. The lowest BCUT2D eigenvalue weighted by Gasteiger charge is -2.08. The molecule has 1 aromatic heterocycles. The third-order valence-electron chi connectivity index (χ3n) is 2.45. The summed E-state index contributed by atoms with van der Waals surface area (Å²) in [6, 6.07) is 10.7. The predicted molar refractivity (Wildman–Crippen MR) is 65.7 cm³/mol. The van der Waals surface area contributed by atoms with Crippen LogP contribution in [0.4, 0.5) is 0 Å². The standard InChI is InChI=1S/C14H14O4/c1-16-12-6-2-3-7-13(12)18-14(15)9-8-11-5-4-10-17-11/h2-7,10H,8-9H2,1H3. The average Bonchev–Trinajstić information content (AvgIpc) is 2.90. The van der Waals surface area contributed by atoms with Gasteiger partial charge in [0.25, 0.3) is 0 Å². The summed E-state index contributed by atoms with van der Waals surface area (Å²) in [6.07, 6.45) is 2.38. The molecular formula is C14H14O4. The fraction of sp³-hybridized carbons (Fsp3) is 0.214. The van der Waals surface area contributed by atoms with Crippen LogP contribution < -0.4 is 9.47 Å². The molecule has 2 rings (SSSR count). The summed E-state index contributed by atoms with van der Waals surface area (Å²) in [4.78, 5) is 11.7. The van der Waals surface area contributed by atoms with Gasteiger partial charge in [0.05, 0.1) is 19.8 Å². The highest BCUT2D eigenvalue weighted by Gasteiger charge is 2.10. The predicted octanol–water partition coefficient (Wildman–Crippen LogP) is 2.83. The van der Waals surface area contributed by atoms with E-state index < -0.39 is 0 Å². The first-order chi connectivity index (χ1) is 8.79. The van der Waals surface area contributed by atoms with Gasteiger partial charge >= 0.3 is 5.97 Å². The van der Waals surface area contributed by atoms with Crippen LogP contribution >= 0.6 is 0 Å². The number of hydrogen-bond acceptors (Lipinski definition) is 4. The van der Waals surface area contributed by atoms with Crippen molar-refractivity contribution in [1.82, 2.24) is 0 Å². The zero-order valence-corrected chi connectivity index (χ0v) is 10.1. The van der Waals surface area contributed by atoms with E-state index in [1.165, 1.54) is 7.11 Å². The molecule has 0 N–H and O–H groups in total. The van der Waals surface area contributed by atoms with E-state index in [0.717, 1.165) is 5.76 Å². The summed E-state index contributed by atoms with van der Waals surface area (Å²) in [7, 11) is 1.54. The van der Waals surface area contributed by atoms with E-state index in [1.54, 1.807) is 30.5 Å². The molecule has 0 spiro atoms. The fourth-order valence-electron chi connectivity index (χ4n) is 1.56. The average molecular weight is 246 g/mol. The molecule has 1 aromatic carbocycles. The molecule has 0 aliphatic carbocycles. The van der Waals surface area contributed by atoms with Gasteiger partial charge in [-0.25, -0.2) is 0 Å². The smallest absolute Gasteiger partial charge is 0.311 e. The molecule has 18 heavy (non-hydrogen) atoms. The van der Waals surface area contributed by atoms with Crippen molar-refractivity contribution < 1.29 is 18.7 Å². The monoisotopic (exact) mass is 246 g/mol. The van der Waals surface area contributed by atoms with Crippen molar-refractivity contribution in [2.24, 2.45) is 0 Å². The Kier molecular flexibility index (Phi) is 4.02. The number of hydrogen-bond donors (Lipinski definition) is 0. The number of para-hydroxylation sites is 2. The highest BCUT2D eigenvalue weighted by Crippen LogP contribution is 2.26. The molecule has 4 heteroatoms. The molecule has 94 valence electrons. The number of methoxy groups -OCH3 is 1. The van der Waals surface area contributed by atoms with Gasteiger partial charge in [0.2, 0.25) is 0 Å². The molecule has 0 saturated carbocycles. The number of carbonyl (C=O) groups excluding carboxylic acids is 1. The molecule has 0 aliphatic rings. The van der Waals surface area contributed by atoms with Crippen molar-refractivity contribution >= 4 is 5.97 Å². The van der Waals surface area contributed by atoms with E-state index >= 15 is 0 Å². The van der Waals surface area contributed by atoms with Gasteiger partial charge in [0, 0.05) is 6.42 Å². The van der Waals surface area contributed by atoms with Crippen LogP contribution in [0.5, 0.6) is 11.5 Å². The first kappa shape index (κ1) is 12.2. The van der Waals surface area contributed by atoms with E-state index in [2.05, 4.69) is 0 Å². The van der Waals surface area contributed by atoms with Gasteiger partial charge in [0.15, 0.2) is 11.5 Å². The van der Waals surface area contributed by atoms with E-state index in [1.807, 2.05) is 12.1 Å². The first-order valence-corrected chi connectivity index (χ1v) is 5.65. The lowest BCUT2D eigenvalue weighted by atomic mass is 10.2. The van der Waals surface area contributed by atoms with Gasteiger partial charge in [-0.2, -0.15) is 0 Å². The highest BCUT2D eigenvalue weighted by atomic mass is 16.6. The minimum atomic E-state index is -0.309. The van der Waals surface area contributed by atoms with E-state index in [0.29, 0.717) is 17.9 Å². The minimum Gasteiger partial charge on any atom is -0.493 e. The third kappa shape index (κ3) is 3.13. The molecule has 0 aliphatic heterocycles. The SMILES string of the molecule is COc1ccccc1OC(=O)CCc1ccco1. The number of aryl methyl sites for hydroxylation is 1. The molecule has 0 unspecified atom stereocenters. The molecular weight excluding hydrogens is 232 g/mol. The second kappa shape index (κ2) is 5.91. The molecule has 0 saturated heterocycles. The van der Waals surface area contributed by atoms with Crippen LogP contribution in [-0.2, 0) is 11.2 Å². The molecule has 0 amide bonds. The molecule has 0 bridgehead atoms. The minimum absolute atomic E-state index is 0.269. The number of esters is 1. The van der Waals surface area contributed by atoms with E-state index in [4.69, 9.17) is 13.9 Å². The van der Waals surface area contributed by atoms with Gasteiger partial charge in [-0.1, -0.05) is 12.1 Å². The number of rotatable bonds is 5. The Morgan fingerprint density at radius 2 is 1.94 bits per heavy atom. The molecule has 0 radical (unpaired) electrons. The van der Waals surface area contributed by atoms with Crippen LogP contribution in [0.25, 0.3) is 0 Å². The van der Waals surface area contributed by atoms with Crippen molar-refractivity contribution in [2.75, 3.05) is 7.11 Å². The van der Waals surface area contributed by atoms with Crippen molar-refractivity contribution in [3.8, 4) is 11.5 Å². The number of furan rings is 1. The van der Waals surface area contributed by atoms with Crippen molar-refractivity contribution in [1.29, 1.82) is 0 Å². The van der Waals surface area contributed by atoms with E-state index in [-0.39, 0.29) is 12.4 Å². The maximum Gasteiger partial charge on any atom is 0.311 e. The largest absolute Gasteiger partial charge is 0.493 e. The maximum atomic E-state index is 11.7. The summed E-state index contributed by atoms with van der Waals surface area (Å²) in [5.41, 5.74) is 0. The van der Waals surface area contributed by atoms with Crippen LogP contribution in [-0.4, -0.2) is 13.1 Å². The first-order valence-electron chi connectivity index (χ1n) is 5.65. The van der Waals surface area contributed by atoms with E-state index in [9.17, 15) is 4.79 Å². The van der Waals surface area contributed by atoms with Crippen molar-refractivity contribution in [3.05, 3.63) is 48.4 Å². The fourth-order valence-corrected chi connectivity index (χ4v) is 1.56. The Morgan fingerprint density at radius 1 is 1.17 bits per heavy atom. The summed E-state index contributed by atoms with van der Waals surface area (Å²) < 4.78 is 15.5. The lowest BCUT2D eigenvalue weighted by molar-refractivity contribution is -0.134. The Morgan fingerprint density at radius 3 is 2.61 bits per heavy atom. The van der Waals surface area contributed by atoms with Gasteiger partial charge in [-0.15, -0.1) is 0 Å². The second-order valence-corrected chi connectivity index (χ2v) is 3.70. The number of ether oxygens (including phenoxy) is 2. The normalized spacial score (nSPS) is 10.1. The second-order valence-electron chi connectivity index (χ2n) is 3.70. The Balaban J connectivity index is 1.90. The van der Waals surface area contributed by atoms with Crippen molar-refractivity contribution in [3.63, 3.8) is 0 Å². The summed E-state index contributed by atoms with van der Waals surface area (Å²) in [5.74, 6) is 1.44. The molecule has 4 nitrogen and oxygen atoms in total. The Hall–Kier alpha value is -2.23. The van der Waals surface area contributed by atoms with Crippen LogP contribution in [0.3, 0.4) is 0 Å². The quantitative estimate of drug-likeness (QED) is 0.601. The summed E-state index contributed by atoms with van der Waals surface area (Å²) >= 11 is 0. The number of carbonyl (C=O) groups is 1. The van der Waals surface area contributed by atoms with Crippen LogP contribution in [0.15, 0.2) is 47.1 Å². The lowest BCUT2D eigenvalue weighted by Crippen LogP contribution is -2.09. The molecule has 1 heterocycles. The van der Waals surface area contributed by atoms with Gasteiger partial charge in [-0.05, 0) is 24.3 Å².